The lowest BCUT2D eigenvalue weighted by Crippen LogP contribution is -2.06. The molecule has 0 aliphatic heterocycles. The molecule has 23 heavy (non-hydrogen) atoms. The zero-order valence-electron chi connectivity index (χ0n) is 12.6. The molecule has 4 heteroatoms. The Kier molecular flexibility index (Phi) is 4.81. The lowest BCUT2D eigenvalue weighted by atomic mass is 10.1. The number of esters is 1. The van der Waals surface area contributed by atoms with Gasteiger partial charge in [-0.1, -0.05) is 36.4 Å². The third-order valence-electron chi connectivity index (χ3n) is 3.56. The summed E-state index contributed by atoms with van der Waals surface area (Å²) in [6, 6.07) is 19.9. The number of hydrogen-bond donors (Lipinski definition) is 0. The minimum atomic E-state index is -0.392. The van der Waals surface area contributed by atoms with E-state index in [4.69, 9.17) is 9.47 Å². The fraction of sp³-hybridized carbons (Fsp3) is 0.105. The average Bonchev–Trinajstić information content (AvgIpc) is 2.59. The van der Waals surface area contributed by atoms with E-state index < -0.39 is 5.97 Å². The molecule has 0 radical (unpaired) electrons. The van der Waals surface area contributed by atoms with Gasteiger partial charge in [-0.2, -0.15) is 0 Å². The van der Waals surface area contributed by atoms with Crippen molar-refractivity contribution < 1.29 is 14.3 Å². The Balaban J connectivity index is 1.83. The SMILES string of the molecule is COC(=O)c1cc(I)ccc1OCc1ccc2ccccc2c1. The van der Waals surface area contributed by atoms with Crippen molar-refractivity contribution in [3.05, 3.63) is 75.4 Å². The summed E-state index contributed by atoms with van der Waals surface area (Å²) in [6.45, 7) is 0.398. The molecule has 0 aliphatic carbocycles. The van der Waals surface area contributed by atoms with Gasteiger partial charge < -0.3 is 9.47 Å². The van der Waals surface area contributed by atoms with E-state index in [-0.39, 0.29) is 0 Å². The number of ether oxygens (including phenoxy) is 2. The van der Waals surface area contributed by atoms with Crippen molar-refractivity contribution in [2.24, 2.45) is 0 Å². The number of rotatable bonds is 4. The van der Waals surface area contributed by atoms with Gasteiger partial charge in [0.25, 0.3) is 0 Å². The van der Waals surface area contributed by atoms with Crippen molar-refractivity contribution in [3.63, 3.8) is 0 Å². The Hall–Kier alpha value is -2.08. The molecule has 3 aromatic carbocycles. The van der Waals surface area contributed by atoms with Crippen molar-refractivity contribution in [2.45, 2.75) is 6.61 Å². The lowest BCUT2D eigenvalue weighted by Gasteiger charge is -2.11. The molecule has 0 amide bonds. The predicted molar refractivity (Wildman–Crippen MR) is 98.8 cm³/mol. The summed E-state index contributed by atoms with van der Waals surface area (Å²) in [5, 5.41) is 2.37. The monoisotopic (exact) mass is 418 g/mol. The minimum Gasteiger partial charge on any atom is -0.488 e. The fourth-order valence-electron chi connectivity index (χ4n) is 2.39. The van der Waals surface area contributed by atoms with Gasteiger partial charge in [0.2, 0.25) is 0 Å². The Morgan fingerprint density at radius 2 is 1.78 bits per heavy atom. The molecular formula is C19H15IO3. The molecule has 116 valence electrons. The molecule has 0 saturated carbocycles. The van der Waals surface area contributed by atoms with Gasteiger partial charge >= 0.3 is 5.97 Å². The van der Waals surface area contributed by atoms with E-state index in [0.717, 1.165) is 9.13 Å². The average molecular weight is 418 g/mol. The number of fused-ring (bicyclic) bond motifs is 1. The van der Waals surface area contributed by atoms with E-state index in [2.05, 4.69) is 46.9 Å². The third kappa shape index (κ3) is 3.64. The highest BCUT2D eigenvalue weighted by molar-refractivity contribution is 14.1. The minimum absolute atomic E-state index is 0.392. The first-order valence-electron chi connectivity index (χ1n) is 7.16. The molecule has 3 rings (SSSR count). The number of benzene rings is 3. The molecule has 0 aromatic heterocycles. The maximum absolute atomic E-state index is 11.9. The summed E-state index contributed by atoms with van der Waals surface area (Å²) in [4.78, 5) is 11.9. The Morgan fingerprint density at radius 1 is 1.00 bits per heavy atom. The van der Waals surface area contributed by atoms with Gasteiger partial charge in [-0.3, -0.25) is 0 Å². The van der Waals surface area contributed by atoms with Crippen LogP contribution in [-0.4, -0.2) is 13.1 Å². The van der Waals surface area contributed by atoms with Gasteiger partial charge in [-0.25, -0.2) is 4.79 Å². The smallest absolute Gasteiger partial charge is 0.341 e. The van der Waals surface area contributed by atoms with Gasteiger partial charge in [0.1, 0.15) is 17.9 Å². The Labute approximate surface area is 148 Å². The van der Waals surface area contributed by atoms with Crippen LogP contribution in [0.4, 0.5) is 0 Å². The molecule has 0 atom stereocenters. The summed E-state index contributed by atoms with van der Waals surface area (Å²) in [5.74, 6) is 0.141. The second-order valence-corrected chi connectivity index (χ2v) is 6.35. The molecule has 0 unspecified atom stereocenters. The van der Waals surface area contributed by atoms with Gasteiger partial charge in [0.15, 0.2) is 0 Å². The van der Waals surface area contributed by atoms with Gasteiger partial charge in [-0.05, 0) is 63.2 Å². The van der Waals surface area contributed by atoms with Crippen LogP contribution in [0.1, 0.15) is 15.9 Å². The van der Waals surface area contributed by atoms with E-state index in [1.165, 1.54) is 17.9 Å². The fourth-order valence-corrected chi connectivity index (χ4v) is 2.88. The van der Waals surface area contributed by atoms with E-state index in [0.29, 0.717) is 17.9 Å². The molecule has 0 spiro atoms. The van der Waals surface area contributed by atoms with Crippen LogP contribution in [0.15, 0.2) is 60.7 Å². The molecular weight excluding hydrogens is 403 g/mol. The van der Waals surface area contributed by atoms with Crippen LogP contribution in [-0.2, 0) is 11.3 Å². The zero-order chi connectivity index (χ0) is 16.2. The summed E-state index contributed by atoms with van der Waals surface area (Å²) in [5.41, 5.74) is 1.50. The molecule has 0 heterocycles. The van der Waals surface area contributed by atoms with Gasteiger partial charge in [0.05, 0.1) is 7.11 Å². The van der Waals surface area contributed by atoms with Crippen LogP contribution in [0.25, 0.3) is 10.8 Å². The van der Waals surface area contributed by atoms with Crippen LogP contribution in [0.3, 0.4) is 0 Å². The maximum Gasteiger partial charge on any atom is 0.341 e. The number of halogens is 1. The number of carbonyl (C=O) groups is 1. The quantitative estimate of drug-likeness (QED) is 0.451. The highest BCUT2D eigenvalue weighted by Gasteiger charge is 2.13. The number of methoxy groups -OCH3 is 1. The normalized spacial score (nSPS) is 10.5. The number of hydrogen-bond acceptors (Lipinski definition) is 3. The van der Waals surface area contributed by atoms with Crippen LogP contribution in [0, 0.1) is 3.57 Å². The molecule has 0 saturated heterocycles. The molecule has 0 aliphatic rings. The predicted octanol–water partition coefficient (Wildman–Crippen LogP) is 4.81. The molecule has 0 N–H and O–H groups in total. The van der Waals surface area contributed by atoms with E-state index in [1.54, 1.807) is 12.1 Å². The first kappa shape index (κ1) is 15.8. The van der Waals surface area contributed by atoms with E-state index in [1.807, 2.05) is 24.3 Å². The molecule has 3 aromatic rings. The molecule has 0 fully saturated rings. The standard InChI is InChI=1S/C19H15IO3/c1-22-19(21)17-11-16(20)8-9-18(17)23-12-13-6-7-14-4-2-3-5-15(14)10-13/h2-11H,12H2,1H3. The summed E-state index contributed by atoms with van der Waals surface area (Å²) < 4.78 is 11.6. The first-order valence-corrected chi connectivity index (χ1v) is 8.23. The largest absolute Gasteiger partial charge is 0.488 e. The highest BCUT2D eigenvalue weighted by atomic mass is 127. The van der Waals surface area contributed by atoms with Crippen molar-refractivity contribution >= 4 is 39.3 Å². The zero-order valence-corrected chi connectivity index (χ0v) is 14.7. The lowest BCUT2D eigenvalue weighted by molar-refractivity contribution is 0.0595. The Morgan fingerprint density at radius 3 is 2.57 bits per heavy atom. The summed E-state index contributed by atoms with van der Waals surface area (Å²) in [7, 11) is 1.37. The van der Waals surface area contributed by atoms with Gasteiger partial charge in [0, 0.05) is 3.57 Å². The van der Waals surface area contributed by atoms with Crippen LogP contribution in [0.2, 0.25) is 0 Å². The maximum atomic E-state index is 11.9. The topological polar surface area (TPSA) is 35.5 Å². The van der Waals surface area contributed by atoms with Crippen LogP contribution < -0.4 is 4.74 Å². The van der Waals surface area contributed by atoms with Crippen LogP contribution in [0.5, 0.6) is 5.75 Å². The van der Waals surface area contributed by atoms with Crippen molar-refractivity contribution in [2.75, 3.05) is 7.11 Å². The van der Waals surface area contributed by atoms with Crippen molar-refractivity contribution in [1.82, 2.24) is 0 Å². The molecule has 0 bridgehead atoms. The van der Waals surface area contributed by atoms with Crippen molar-refractivity contribution in [3.8, 4) is 5.75 Å². The third-order valence-corrected chi connectivity index (χ3v) is 4.23. The highest BCUT2D eigenvalue weighted by Crippen LogP contribution is 2.24. The van der Waals surface area contributed by atoms with Gasteiger partial charge in [-0.15, -0.1) is 0 Å². The van der Waals surface area contributed by atoms with Crippen LogP contribution >= 0.6 is 22.6 Å². The van der Waals surface area contributed by atoms with E-state index in [9.17, 15) is 4.79 Å². The van der Waals surface area contributed by atoms with Crippen molar-refractivity contribution in [1.29, 1.82) is 0 Å². The molecule has 3 nitrogen and oxygen atoms in total. The first-order chi connectivity index (χ1) is 11.2. The van der Waals surface area contributed by atoms with E-state index >= 15 is 0 Å². The Bertz CT molecular complexity index is 858. The summed E-state index contributed by atoms with van der Waals surface area (Å²) >= 11 is 2.16. The second-order valence-electron chi connectivity index (χ2n) is 5.10. The second kappa shape index (κ2) is 7.00. The summed E-state index contributed by atoms with van der Waals surface area (Å²) in [6.07, 6.45) is 0. The number of carbonyl (C=O) groups excluding carboxylic acids is 1.